The van der Waals surface area contributed by atoms with Crippen LogP contribution in [0.3, 0.4) is 0 Å². The third-order valence-corrected chi connectivity index (χ3v) is 6.88. The number of rotatable bonds is 10. The minimum Gasteiger partial charge on any atom is -0.507 e. The number of ether oxygens (including phenoxy) is 1. The van der Waals surface area contributed by atoms with Gasteiger partial charge in [-0.2, -0.15) is 0 Å². The maximum absolute atomic E-state index is 13.3. The molecule has 1 aliphatic heterocycles. The molecule has 0 aromatic heterocycles. The molecule has 6 nitrogen and oxygen atoms in total. The number of aliphatic hydroxyl groups is 1. The number of amides is 1. The number of ketones is 1. The Labute approximate surface area is 222 Å². The summed E-state index contributed by atoms with van der Waals surface area (Å²) in [5.74, 6) is -0.931. The van der Waals surface area contributed by atoms with Gasteiger partial charge in [0.25, 0.3) is 11.7 Å². The summed E-state index contributed by atoms with van der Waals surface area (Å²) < 4.78 is 6.02. The van der Waals surface area contributed by atoms with Crippen LogP contribution in [-0.2, 0) is 16.2 Å². The average Bonchev–Trinajstić information content (AvgIpc) is 3.18. The van der Waals surface area contributed by atoms with E-state index in [-0.39, 0.29) is 11.3 Å². The van der Waals surface area contributed by atoms with Crippen molar-refractivity contribution >= 4 is 29.1 Å². The van der Waals surface area contributed by atoms with Crippen molar-refractivity contribution in [3.05, 3.63) is 106 Å². The van der Waals surface area contributed by atoms with Gasteiger partial charge in [-0.25, -0.2) is 0 Å². The van der Waals surface area contributed by atoms with Gasteiger partial charge in [0.05, 0.1) is 11.6 Å². The Morgan fingerprint density at radius 2 is 1.68 bits per heavy atom. The Morgan fingerprint density at radius 1 is 0.973 bits per heavy atom. The first-order valence-electron chi connectivity index (χ1n) is 12.5. The Bertz CT molecular complexity index is 1270. The van der Waals surface area contributed by atoms with E-state index >= 15 is 0 Å². The number of nitrogens with zero attached hydrogens (tertiary/aromatic N) is 2. The Hall–Kier alpha value is -3.61. The Morgan fingerprint density at radius 3 is 2.35 bits per heavy atom. The quantitative estimate of drug-likeness (QED) is 0.212. The van der Waals surface area contributed by atoms with Crippen LogP contribution in [0.4, 0.5) is 0 Å². The van der Waals surface area contributed by atoms with Crippen molar-refractivity contribution in [2.24, 2.45) is 0 Å². The lowest BCUT2D eigenvalue weighted by molar-refractivity contribution is -0.140. The summed E-state index contributed by atoms with van der Waals surface area (Å²) in [6, 6.07) is 23.0. The Kier molecular flexibility index (Phi) is 8.64. The van der Waals surface area contributed by atoms with Crippen LogP contribution in [0.25, 0.3) is 5.76 Å². The SMILES string of the molecule is CCN(CC)CCN1C(=O)C(=O)/C(=C(/O)c2ccc(Cl)cc2)C1c1cccc(OCc2ccccc2)c1. The van der Waals surface area contributed by atoms with Gasteiger partial charge in [0.1, 0.15) is 18.1 Å². The first-order valence-corrected chi connectivity index (χ1v) is 12.8. The molecular weight excluding hydrogens is 488 g/mol. The molecule has 0 bridgehead atoms. The van der Waals surface area contributed by atoms with Crippen LogP contribution in [0.2, 0.25) is 5.02 Å². The first kappa shape index (κ1) is 26.5. The standard InChI is InChI=1S/C30H31ClN2O4/c1-3-32(4-2)17-18-33-27(23-11-8-12-25(19-23)37-20-21-9-6-5-7-10-21)26(29(35)30(33)36)28(34)22-13-15-24(31)16-14-22/h5-16,19,27,34H,3-4,17-18,20H2,1-2H3/b28-26+. The van der Waals surface area contributed by atoms with Gasteiger partial charge < -0.3 is 19.6 Å². The second-order valence-corrected chi connectivity index (χ2v) is 9.31. The molecule has 1 unspecified atom stereocenters. The highest BCUT2D eigenvalue weighted by Crippen LogP contribution is 2.40. The third kappa shape index (κ3) is 6.04. The molecule has 1 amide bonds. The molecule has 1 heterocycles. The van der Waals surface area contributed by atoms with Crippen LogP contribution in [0.5, 0.6) is 5.75 Å². The summed E-state index contributed by atoms with van der Waals surface area (Å²) in [4.78, 5) is 30.3. The second kappa shape index (κ2) is 12.1. The topological polar surface area (TPSA) is 70.1 Å². The molecule has 3 aromatic rings. The number of likely N-dealkylation sites (N-methyl/N-ethyl adjacent to an activating group) is 1. The second-order valence-electron chi connectivity index (χ2n) is 8.87. The fourth-order valence-electron chi connectivity index (χ4n) is 4.52. The summed E-state index contributed by atoms with van der Waals surface area (Å²) >= 11 is 6.02. The van der Waals surface area contributed by atoms with Gasteiger partial charge in [0, 0.05) is 23.7 Å². The minimum atomic E-state index is -0.744. The molecule has 1 saturated heterocycles. The van der Waals surface area contributed by atoms with Gasteiger partial charge in [0.2, 0.25) is 0 Å². The highest BCUT2D eigenvalue weighted by atomic mass is 35.5. The molecule has 7 heteroatoms. The first-order chi connectivity index (χ1) is 17.9. The van der Waals surface area contributed by atoms with E-state index in [9.17, 15) is 14.7 Å². The van der Waals surface area contributed by atoms with E-state index in [0.717, 1.165) is 18.7 Å². The number of carbonyl (C=O) groups is 2. The summed E-state index contributed by atoms with van der Waals surface area (Å²) in [5, 5.41) is 11.7. The zero-order valence-corrected chi connectivity index (χ0v) is 21.8. The van der Waals surface area contributed by atoms with Crippen molar-refractivity contribution in [2.75, 3.05) is 26.2 Å². The third-order valence-electron chi connectivity index (χ3n) is 6.63. The molecule has 37 heavy (non-hydrogen) atoms. The van der Waals surface area contributed by atoms with Gasteiger partial charge in [0.15, 0.2) is 0 Å². The van der Waals surface area contributed by atoms with E-state index in [1.807, 2.05) is 54.6 Å². The van der Waals surface area contributed by atoms with E-state index in [1.165, 1.54) is 0 Å². The minimum absolute atomic E-state index is 0.0621. The molecule has 1 atom stereocenters. The van der Waals surface area contributed by atoms with Crippen molar-refractivity contribution in [1.29, 1.82) is 0 Å². The molecule has 0 saturated carbocycles. The zero-order chi connectivity index (χ0) is 26.4. The predicted molar refractivity (Wildman–Crippen MR) is 145 cm³/mol. The molecule has 1 fully saturated rings. The van der Waals surface area contributed by atoms with Crippen molar-refractivity contribution in [3.63, 3.8) is 0 Å². The van der Waals surface area contributed by atoms with E-state index < -0.39 is 17.7 Å². The van der Waals surface area contributed by atoms with E-state index in [2.05, 4.69) is 18.7 Å². The number of benzene rings is 3. The van der Waals surface area contributed by atoms with E-state index in [4.69, 9.17) is 16.3 Å². The van der Waals surface area contributed by atoms with Crippen LogP contribution in [0, 0.1) is 0 Å². The number of aliphatic hydroxyl groups excluding tert-OH is 1. The molecule has 0 spiro atoms. The van der Waals surface area contributed by atoms with Crippen molar-refractivity contribution in [3.8, 4) is 5.75 Å². The number of hydrogen-bond donors (Lipinski definition) is 1. The number of hydrogen-bond acceptors (Lipinski definition) is 5. The molecule has 1 aliphatic rings. The maximum Gasteiger partial charge on any atom is 0.295 e. The zero-order valence-electron chi connectivity index (χ0n) is 21.1. The van der Waals surface area contributed by atoms with Crippen LogP contribution in [0.15, 0.2) is 84.4 Å². The highest BCUT2D eigenvalue weighted by Gasteiger charge is 2.46. The summed E-state index contributed by atoms with van der Waals surface area (Å²) in [7, 11) is 0. The summed E-state index contributed by atoms with van der Waals surface area (Å²) in [6.45, 7) is 7.13. The Balaban J connectivity index is 1.72. The highest BCUT2D eigenvalue weighted by molar-refractivity contribution is 6.46. The maximum atomic E-state index is 13.3. The van der Waals surface area contributed by atoms with Crippen LogP contribution in [-0.4, -0.2) is 52.8 Å². The number of Topliss-reactive ketones (excluding diaryl/α,β-unsaturated/α-hetero) is 1. The fraction of sp³-hybridized carbons (Fsp3) is 0.267. The molecule has 0 aliphatic carbocycles. The smallest absolute Gasteiger partial charge is 0.295 e. The largest absolute Gasteiger partial charge is 0.507 e. The number of likely N-dealkylation sites (tertiary alicyclic amines) is 1. The molecule has 192 valence electrons. The predicted octanol–water partition coefficient (Wildman–Crippen LogP) is 5.68. The molecule has 3 aromatic carbocycles. The summed E-state index contributed by atoms with van der Waals surface area (Å²) in [5.41, 5.74) is 2.21. The van der Waals surface area contributed by atoms with E-state index in [0.29, 0.717) is 41.6 Å². The van der Waals surface area contributed by atoms with Crippen LogP contribution in [0.1, 0.15) is 36.6 Å². The van der Waals surface area contributed by atoms with Crippen LogP contribution >= 0.6 is 11.6 Å². The van der Waals surface area contributed by atoms with Crippen molar-refractivity contribution < 1.29 is 19.4 Å². The van der Waals surface area contributed by atoms with Crippen molar-refractivity contribution in [1.82, 2.24) is 9.80 Å². The number of carbonyl (C=O) groups excluding carboxylic acids is 2. The van der Waals surface area contributed by atoms with Crippen molar-refractivity contribution in [2.45, 2.75) is 26.5 Å². The lowest BCUT2D eigenvalue weighted by Crippen LogP contribution is -2.38. The number of halogens is 1. The van der Waals surface area contributed by atoms with Crippen LogP contribution < -0.4 is 4.74 Å². The van der Waals surface area contributed by atoms with Gasteiger partial charge >= 0.3 is 0 Å². The molecular formula is C30H31ClN2O4. The molecule has 1 N–H and O–H groups in total. The fourth-order valence-corrected chi connectivity index (χ4v) is 4.65. The summed E-state index contributed by atoms with van der Waals surface area (Å²) in [6.07, 6.45) is 0. The monoisotopic (exact) mass is 518 g/mol. The normalized spacial score (nSPS) is 17.0. The van der Waals surface area contributed by atoms with Gasteiger partial charge in [-0.3, -0.25) is 9.59 Å². The van der Waals surface area contributed by atoms with Gasteiger partial charge in [-0.15, -0.1) is 0 Å². The molecule has 0 radical (unpaired) electrons. The average molecular weight is 519 g/mol. The lowest BCUT2D eigenvalue weighted by atomic mass is 9.95. The molecule has 4 rings (SSSR count). The lowest BCUT2D eigenvalue weighted by Gasteiger charge is -2.28. The van der Waals surface area contributed by atoms with Gasteiger partial charge in [-0.1, -0.05) is 67.9 Å². The van der Waals surface area contributed by atoms with Gasteiger partial charge in [-0.05, 0) is 60.6 Å². The van der Waals surface area contributed by atoms with E-state index in [1.54, 1.807) is 29.2 Å².